The first-order valence-corrected chi connectivity index (χ1v) is 7.17. The molecule has 4 nitrogen and oxygen atoms in total. The Morgan fingerprint density at radius 2 is 2.07 bits per heavy atom. The quantitative estimate of drug-likeness (QED) is 0.758. The molecule has 0 bridgehead atoms. The van der Waals surface area contributed by atoms with E-state index in [9.17, 15) is 13.2 Å². The molecule has 0 atom stereocenters. The fourth-order valence-corrected chi connectivity index (χ4v) is 3.31. The van der Waals surface area contributed by atoms with E-state index in [-0.39, 0.29) is 17.3 Å². The van der Waals surface area contributed by atoms with Gasteiger partial charge in [0.15, 0.2) is 15.6 Å². The molecule has 0 saturated carbocycles. The third-order valence-corrected chi connectivity index (χ3v) is 4.98. The lowest BCUT2D eigenvalue weighted by molar-refractivity contribution is 0.102. The molecule has 0 N–H and O–H groups in total. The van der Waals surface area contributed by atoms with Gasteiger partial charge in [0.2, 0.25) is 0 Å². The molecule has 1 rings (SSSR count). The van der Waals surface area contributed by atoms with Crippen molar-refractivity contribution < 1.29 is 13.2 Å². The average molecular weight is 247 g/mol. The number of aromatic nitrogens is 1. The zero-order chi connectivity index (χ0) is 11.6. The number of rotatable bonds is 4. The van der Waals surface area contributed by atoms with Gasteiger partial charge in [0.25, 0.3) is 0 Å². The highest BCUT2D eigenvalue weighted by atomic mass is 32.2. The largest absolute Gasteiger partial charge is 0.294 e. The van der Waals surface area contributed by atoms with Gasteiger partial charge in [-0.15, -0.1) is 11.3 Å². The molecule has 84 valence electrons. The minimum atomic E-state index is -3.07. The number of carbonyl (C=O) groups excluding carboxylic acids is 1. The van der Waals surface area contributed by atoms with Crippen molar-refractivity contribution in [2.24, 2.45) is 0 Å². The topological polar surface area (TPSA) is 64.1 Å². The van der Waals surface area contributed by atoms with Crippen molar-refractivity contribution in [1.82, 2.24) is 4.98 Å². The van der Waals surface area contributed by atoms with Gasteiger partial charge in [-0.3, -0.25) is 4.79 Å². The van der Waals surface area contributed by atoms with E-state index >= 15 is 0 Å². The predicted molar refractivity (Wildman–Crippen MR) is 60.0 cm³/mol. The van der Waals surface area contributed by atoms with Crippen LogP contribution in [0.4, 0.5) is 0 Å². The van der Waals surface area contributed by atoms with E-state index in [2.05, 4.69) is 4.98 Å². The number of carbonyl (C=O) groups is 1. The molecule has 0 fully saturated rings. The number of ketones is 1. The first-order chi connectivity index (χ1) is 6.85. The highest BCUT2D eigenvalue weighted by molar-refractivity contribution is 7.90. The summed E-state index contributed by atoms with van der Waals surface area (Å²) in [7, 11) is -3.07. The van der Waals surface area contributed by atoms with Crippen LogP contribution in [0.2, 0.25) is 0 Å². The molecular formula is C9H13NO3S2. The molecular weight excluding hydrogens is 234 g/mol. The number of thiazole rings is 1. The first kappa shape index (κ1) is 12.3. The number of sulfone groups is 1. The van der Waals surface area contributed by atoms with Crippen LogP contribution in [0.25, 0.3) is 0 Å². The maximum Gasteiger partial charge on any atom is 0.171 e. The Kier molecular flexibility index (Phi) is 3.62. The number of hydrogen-bond donors (Lipinski definition) is 0. The molecule has 1 aromatic rings. The summed E-state index contributed by atoms with van der Waals surface area (Å²) in [5, 5.41) is 0.500. The van der Waals surface area contributed by atoms with Gasteiger partial charge in [-0.25, -0.2) is 13.4 Å². The first-order valence-electron chi connectivity index (χ1n) is 4.53. The maximum atomic E-state index is 11.3. The molecule has 0 aromatic carbocycles. The van der Waals surface area contributed by atoms with Crippen LogP contribution in [0.1, 0.15) is 34.2 Å². The van der Waals surface area contributed by atoms with E-state index in [1.54, 1.807) is 13.8 Å². The monoisotopic (exact) mass is 247 g/mol. The molecule has 15 heavy (non-hydrogen) atoms. The fraction of sp³-hybridized carbons (Fsp3) is 0.556. The van der Waals surface area contributed by atoms with Crippen molar-refractivity contribution in [2.75, 3.05) is 5.75 Å². The van der Waals surface area contributed by atoms with Gasteiger partial charge >= 0.3 is 0 Å². The van der Waals surface area contributed by atoms with Gasteiger partial charge < -0.3 is 0 Å². The summed E-state index contributed by atoms with van der Waals surface area (Å²) in [6.07, 6.45) is 0. The molecule has 1 heterocycles. The molecule has 0 aliphatic carbocycles. The summed E-state index contributed by atoms with van der Waals surface area (Å²) >= 11 is 1.17. The van der Waals surface area contributed by atoms with Crippen LogP contribution in [0.15, 0.2) is 0 Å². The van der Waals surface area contributed by atoms with E-state index in [1.807, 2.05) is 0 Å². The summed E-state index contributed by atoms with van der Waals surface area (Å²) in [6, 6.07) is 0. The number of hydrogen-bond acceptors (Lipinski definition) is 5. The zero-order valence-corrected chi connectivity index (χ0v) is 10.5. The summed E-state index contributed by atoms with van der Waals surface area (Å²) in [6.45, 7) is 4.77. The molecule has 6 heteroatoms. The summed E-state index contributed by atoms with van der Waals surface area (Å²) in [5.74, 6) is -0.0336. The van der Waals surface area contributed by atoms with Gasteiger partial charge in [0.05, 0.1) is 10.6 Å². The van der Waals surface area contributed by atoms with Gasteiger partial charge in [0.1, 0.15) is 10.8 Å². The molecule has 0 radical (unpaired) electrons. The van der Waals surface area contributed by atoms with Crippen molar-refractivity contribution >= 4 is 27.0 Å². The van der Waals surface area contributed by atoms with Crippen molar-refractivity contribution in [1.29, 1.82) is 0 Å². The van der Waals surface area contributed by atoms with Gasteiger partial charge in [-0.1, -0.05) is 6.92 Å². The van der Waals surface area contributed by atoms with Crippen LogP contribution in [-0.4, -0.2) is 24.9 Å². The standard InChI is InChI=1S/C9H13NO3S2/c1-4-15(12,13)5-8-10-6(2)9(14-8)7(3)11/h4-5H2,1-3H3. The molecule has 0 aliphatic rings. The van der Waals surface area contributed by atoms with Gasteiger partial charge in [-0.2, -0.15) is 0 Å². The number of Topliss-reactive ketones (excluding diaryl/α,β-unsaturated/α-hetero) is 1. The summed E-state index contributed by atoms with van der Waals surface area (Å²) < 4.78 is 22.7. The summed E-state index contributed by atoms with van der Waals surface area (Å²) in [5.41, 5.74) is 0.619. The highest BCUT2D eigenvalue weighted by Gasteiger charge is 2.16. The van der Waals surface area contributed by atoms with Crippen LogP contribution in [0.3, 0.4) is 0 Å². The van der Waals surface area contributed by atoms with E-state index in [0.717, 1.165) is 0 Å². The molecule has 1 aromatic heterocycles. The number of aryl methyl sites for hydroxylation is 1. The molecule has 0 spiro atoms. The average Bonchev–Trinajstić information content (AvgIpc) is 2.46. The second kappa shape index (κ2) is 4.40. The predicted octanol–water partition coefficient (Wildman–Crippen LogP) is 1.59. The molecule has 0 amide bonds. The molecule has 0 unspecified atom stereocenters. The van der Waals surface area contributed by atoms with E-state index in [1.165, 1.54) is 18.3 Å². The normalized spacial score (nSPS) is 11.7. The lowest BCUT2D eigenvalue weighted by Gasteiger charge is -1.95. The van der Waals surface area contributed by atoms with Crippen LogP contribution < -0.4 is 0 Å². The van der Waals surface area contributed by atoms with E-state index < -0.39 is 9.84 Å². The van der Waals surface area contributed by atoms with Gasteiger partial charge in [-0.05, 0) is 6.92 Å². The van der Waals surface area contributed by atoms with Crippen LogP contribution in [0, 0.1) is 6.92 Å². The zero-order valence-electron chi connectivity index (χ0n) is 8.90. The van der Waals surface area contributed by atoms with Crippen molar-refractivity contribution in [3.63, 3.8) is 0 Å². The smallest absolute Gasteiger partial charge is 0.171 e. The SMILES string of the molecule is CCS(=O)(=O)Cc1nc(C)c(C(C)=O)s1. The van der Waals surface area contributed by atoms with Crippen LogP contribution in [0.5, 0.6) is 0 Å². The molecule has 0 saturated heterocycles. The Morgan fingerprint density at radius 3 is 2.47 bits per heavy atom. The Balaban J connectivity index is 2.99. The van der Waals surface area contributed by atoms with Crippen LogP contribution in [-0.2, 0) is 15.6 Å². The second-order valence-electron chi connectivity index (χ2n) is 3.25. The highest BCUT2D eigenvalue weighted by Crippen LogP contribution is 2.20. The van der Waals surface area contributed by atoms with Gasteiger partial charge in [0, 0.05) is 12.7 Å². The Hall–Kier alpha value is -0.750. The lowest BCUT2D eigenvalue weighted by atomic mass is 10.3. The van der Waals surface area contributed by atoms with E-state index in [4.69, 9.17) is 0 Å². The summed E-state index contributed by atoms with van der Waals surface area (Å²) in [4.78, 5) is 15.8. The Morgan fingerprint density at radius 1 is 1.47 bits per heavy atom. The maximum absolute atomic E-state index is 11.3. The van der Waals surface area contributed by atoms with Crippen LogP contribution >= 0.6 is 11.3 Å². The van der Waals surface area contributed by atoms with Crippen molar-refractivity contribution in [3.8, 4) is 0 Å². The Labute approximate surface area is 93.3 Å². The molecule has 0 aliphatic heterocycles. The fourth-order valence-electron chi connectivity index (χ4n) is 1.13. The second-order valence-corrected chi connectivity index (χ2v) is 6.69. The third-order valence-electron chi connectivity index (χ3n) is 1.94. The van der Waals surface area contributed by atoms with Crippen molar-refractivity contribution in [3.05, 3.63) is 15.6 Å². The number of nitrogens with zero attached hydrogens (tertiary/aromatic N) is 1. The van der Waals surface area contributed by atoms with Crippen molar-refractivity contribution in [2.45, 2.75) is 26.5 Å². The van der Waals surface area contributed by atoms with E-state index in [0.29, 0.717) is 15.6 Å². The third kappa shape index (κ3) is 3.10. The minimum Gasteiger partial charge on any atom is -0.294 e. The Bertz CT molecular complexity index is 474. The lowest BCUT2D eigenvalue weighted by Crippen LogP contribution is -2.06. The minimum absolute atomic E-state index is 0.0647.